The molecule has 2 aromatic rings. The average molecular weight is 424 g/mol. The molecule has 0 unspecified atom stereocenters. The standard InChI is InChI=1S/C23H29N5O3/c29-22(28-9-5-19-3-1-2-4-20(19)18-28)6-10-27(12-11-26-13-15-31-16-14-26)23(30)21-17-24-7-8-25-21/h1-4,7-8,17H,5-6,9-16,18H2. The molecule has 0 aliphatic carbocycles. The van der Waals surface area contributed by atoms with Crippen LogP contribution in [0.2, 0.25) is 0 Å². The van der Waals surface area contributed by atoms with Crippen molar-refractivity contribution < 1.29 is 14.3 Å². The summed E-state index contributed by atoms with van der Waals surface area (Å²) in [4.78, 5) is 40.0. The number of nitrogens with zero attached hydrogens (tertiary/aromatic N) is 5. The van der Waals surface area contributed by atoms with Crippen molar-refractivity contribution in [2.75, 3.05) is 52.5 Å². The van der Waals surface area contributed by atoms with Crippen molar-refractivity contribution >= 4 is 11.8 Å². The first-order valence-corrected chi connectivity index (χ1v) is 10.9. The molecule has 8 nitrogen and oxygen atoms in total. The van der Waals surface area contributed by atoms with Gasteiger partial charge in [0.25, 0.3) is 5.91 Å². The molecule has 0 spiro atoms. The third kappa shape index (κ3) is 5.65. The fourth-order valence-corrected chi connectivity index (χ4v) is 4.07. The Morgan fingerprint density at radius 2 is 1.84 bits per heavy atom. The number of amides is 2. The lowest BCUT2D eigenvalue weighted by Crippen LogP contribution is -2.44. The van der Waals surface area contributed by atoms with Crippen molar-refractivity contribution in [2.45, 2.75) is 19.4 Å². The number of benzene rings is 1. The lowest BCUT2D eigenvalue weighted by atomic mass is 10.00. The second-order valence-electron chi connectivity index (χ2n) is 7.92. The highest BCUT2D eigenvalue weighted by atomic mass is 16.5. The molecule has 31 heavy (non-hydrogen) atoms. The van der Waals surface area contributed by atoms with Crippen molar-refractivity contribution in [3.05, 3.63) is 59.7 Å². The van der Waals surface area contributed by atoms with Crippen LogP contribution >= 0.6 is 0 Å². The van der Waals surface area contributed by atoms with Crippen LogP contribution < -0.4 is 0 Å². The Bertz CT molecular complexity index is 886. The first kappa shape index (κ1) is 21.4. The molecule has 1 aromatic heterocycles. The maximum Gasteiger partial charge on any atom is 0.274 e. The van der Waals surface area contributed by atoms with Gasteiger partial charge in [-0.1, -0.05) is 24.3 Å². The van der Waals surface area contributed by atoms with E-state index in [1.807, 2.05) is 17.0 Å². The molecule has 1 aromatic carbocycles. The van der Waals surface area contributed by atoms with Crippen LogP contribution in [0.25, 0.3) is 0 Å². The number of hydrogen-bond acceptors (Lipinski definition) is 6. The maximum atomic E-state index is 13.0. The van der Waals surface area contributed by atoms with Crippen molar-refractivity contribution in [1.29, 1.82) is 0 Å². The number of carbonyl (C=O) groups is 2. The summed E-state index contributed by atoms with van der Waals surface area (Å²) in [5.41, 5.74) is 2.84. The Balaban J connectivity index is 1.36. The van der Waals surface area contributed by atoms with E-state index in [1.54, 1.807) is 11.1 Å². The number of fused-ring (bicyclic) bond motifs is 1. The quantitative estimate of drug-likeness (QED) is 0.667. The summed E-state index contributed by atoms with van der Waals surface area (Å²) in [6.45, 7) is 6.18. The minimum Gasteiger partial charge on any atom is -0.379 e. The second-order valence-corrected chi connectivity index (χ2v) is 7.92. The minimum absolute atomic E-state index is 0.0813. The third-order valence-electron chi connectivity index (χ3n) is 5.94. The molecular weight excluding hydrogens is 394 g/mol. The molecule has 8 heteroatoms. The van der Waals surface area contributed by atoms with Crippen molar-refractivity contribution in [2.24, 2.45) is 0 Å². The molecule has 164 valence electrons. The molecule has 0 radical (unpaired) electrons. The van der Waals surface area contributed by atoms with Gasteiger partial charge in [-0.25, -0.2) is 4.98 Å². The molecule has 1 saturated heterocycles. The molecular formula is C23H29N5O3. The fourth-order valence-electron chi connectivity index (χ4n) is 4.07. The van der Waals surface area contributed by atoms with E-state index in [-0.39, 0.29) is 11.8 Å². The molecule has 2 aliphatic heterocycles. The van der Waals surface area contributed by atoms with Crippen LogP contribution in [0.1, 0.15) is 28.0 Å². The number of hydrogen-bond donors (Lipinski definition) is 0. The summed E-state index contributed by atoms with van der Waals surface area (Å²) in [5, 5.41) is 0. The number of morpholine rings is 1. The van der Waals surface area contributed by atoms with Gasteiger partial charge < -0.3 is 14.5 Å². The van der Waals surface area contributed by atoms with Gasteiger partial charge in [0.05, 0.1) is 19.4 Å². The van der Waals surface area contributed by atoms with Gasteiger partial charge in [0.15, 0.2) is 0 Å². The largest absolute Gasteiger partial charge is 0.379 e. The number of rotatable bonds is 7. The van der Waals surface area contributed by atoms with Crippen molar-refractivity contribution in [3.63, 3.8) is 0 Å². The van der Waals surface area contributed by atoms with Crippen LogP contribution in [-0.2, 0) is 22.5 Å². The zero-order valence-electron chi connectivity index (χ0n) is 17.8. The molecule has 2 amide bonds. The van der Waals surface area contributed by atoms with Gasteiger partial charge in [-0.05, 0) is 17.5 Å². The molecule has 0 saturated carbocycles. The van der Waals surface area contributed by atoms with Gasteiger partial charge in [-0.15, -0.1) is 0 Å². The Labute approximate surface area is 182 Å². The van der Waals surface area contributed by atoms with Gasteiger partial charge in [0.2, 0.25) is 5.91 Å². The highest BCUT2D eigenvalue weighted by Gasteiger charge is 2.24. The molecule has 0 N–H and O–H groups in total. The highest BCUT2D eigenvalue weighted by Crippen LogP contribution is 2.19. The van der Waals surface area contributed by atoms with E-state index >= 15 is 0 Å². The third-order valence-corrected chi connectivity index (χ3v) is 5.94. The van der Waals surface area contributed by atoms with E-state index in [2.05, 4.69) is 27.0 Å². The van der Waals surface area contributed by atoms with Gasteiger partial charge in [-0.3, -0.25) is 19.5 Å². The van der Waals surface area contributed by atoms with Gasteiger partial charge in [0, 0.05) is 64.6 Å². The van der Waals surface area contributed by atoms with Crippen LogP contribution in [-0.4, -0.2) is 89.0 Å². The molecule has 2 aliphatic rings. The van der Waals surface area contributed by atoms with E-state index in [0.717, 1.165) is 32.6 Å². The molecule has 0 atom stereocenters. The molecule has 0 bridgehead atoms. The highest BCUT2D eigenvalue weighted by molar-refractivity contribution is 5.92. The summed E-state index contributed by atoms with van der Waals surface area (Å²) in [6, 6.07) is 8.27. The smallest absolute Gasteiger partial charge is 0.274 e. The normalized spacial score (nSPS) is 16.6. The Morgan fingerprint density at radius 3 is 2.61 bits per heavy atom. The second kappa shape index (κ2) is 10.5. The van der Waals surface area contributed by atoms with Gasteiger partial charge >= 0.3 is 0 Å². The Hall–Kier alpha value is -2.84. The van der Waals surface area contributed by atoms with E-state index in [1.165, 1.54) is 23.5 Å². The van der Waals surface area contributed by atoms with E-state index in [0.29, 0.717) is 45.0 Å². The van der Waals surface area contributed by atoms with E-state index in [9.17, 15) is 9.59 Å². The monoisotopic (exact) mass is 423 g/mol. The van der Waals surface area contributed by atoms with Crippen LogP contribution in [0.4, 0.5) is 0 Å². The van der Waals surface area contributed by atoms with Crippen LogP contribution in [0.5, 0.6) is 0 Å². The number of carbonyl (C=O) groups excluding carboxylic acids is 2. The average Bonchev–Trinajstić information content (AvgIpc) is 2.84. The summed E-state index contributed by atoms with van der Waals surface area (Å²) in [5.74, 6) is -0.101. The summed E-state index contributed by atoms with van der Waals surface area (Å²) in [7, 11) is 0. The van der Waals surface area contributed by atoms with Gasteiger partial charge in [0.1, 0.15) is 5.69 Å². The number of aromatic nitrogens is 2. The zero-order valence-corrected chi connectivity index (χ0v) is 17.8. The molecule has 4 rings (SSSR count). The van der Waals surface area contributed by atoms with E-state index < -0.39 is 0 Å². The number of ether oxygens (including phenoxy) is 1. The zero-order chi connectivity index (χ0) is 21.5. The molecule has 3 heterocycles. The topological polar surface area (TPSA) is 78.9 Å². The SMILES string of the molecule is O=C(CCN(CCN1CCOCC1)C(=O)c1cnccn1)N1CCc2ccccc2C1. The fraction of sp³-hybridized carbons (Fsp3) is 0.478. The van der Waals surface area contributed by atoms with Crippen LogP contribution in [0, 0.1) is 0 Å². The summed E-state index contributed by atoms with van der Waals surface area (Å²) >= 11 is 0. The van der Waals surface area contributed by atoms with Crippen LogP contribution in [0.15, 0.2) is 42.9 Å². The minimum atomic E-state index is -0.182. The lowest BCUT2D eigenvalue weighted by Gasteiger charge is -2.31. The Kier molecular flexibility index (Phi) is 7.22. The van der Waals surface area contributed by atoms with Crippen molar-refractivity contribution in [1.82, 2.24) is 24.7 Å². The van der Waals surface area contributed by atoms with Crippen molar-refractivity contribution in [3.8, 4) is 0 Å². The van der Waals surface area contributed by atoms with E-state index in [4.69, 9.17) is 4.74 Å². The van der Waals surface area contributed by atoms with Crippen LogP contribution in [0.3, 0.4) is 0 Å². The first-order chi connectivity index (χ1) is 15.2. The summed E-state index contributed by atoms with van der Waals surface area (Å²) in [6.07, 6.45) is 5.72. The Morgan fingerprint density at radius 1 is 1.03 bits per heavy atom. The summed E-state index contributed by atoms with van der Waals surface area (Å²) < 4.78 is 5.40. The van der Waals surface area contributed by atoms with Gasteiger partial charge in [-0.2, -0.15) is 0 Å². The lowest BCUT2D eigenvalue weighted by molar-refractivity contribution is -0.132. The first-order valence-electron chi connectivity index (χ1n) is 10.9. The predicted molar refractivity (Wildman–Crippen MR) is 115 cm³/mol. The predicted octanol–water partition coefficient (Wildman–Crippen LogP) is 1.23. The maximum absolute atomic E-state index is 13.0. The molecule has 1 fully saturated rings.